The van der Waals surface area contributed by atoms with Crippen molar-refractivity contribution in [2.45, 2.75) is 44.6 Å². The summed E-state index contributed by atoms with van der Waals surface area (Å²) in [7, 11) is 0. The van der Waals surface area contributed by atoms with Crippen LogP contribution in [-0.2, 0) is 11.0 Å². The third-order valence-electron chi connectivity index (χ3n) is 6.19. The van der Waals surface area contributed by atoms with Gasteiger partial charge in [-0.3, -0.25) is 0 Å². The third-order valence-corrected chi connectivity index (χ3v) is 6.19. The second kappa shape index (κ2) is 5.88. The molecule has 2 atom stereocenters. The average Bonchev–Trinajstić information content (AvgIpc) is 3.11. The number of para-hydroxylation sites is 1. The second-order valence-corrected chi connectivity index (χ2v) is 9.03. The lowest BCUT2D eigenvalue weighted by Gasteiger charge is -2.28. The van der Waals surface area contributed by atoms with Crippen LogP contribution in [0.15, 0.2) is 54.6 Å². The maximum atomic E-state index is 11.3. The molecule has 0 radical (unpaired) electrons. The van der Waals surface area contributed by atoms with E-state index in [0.717, 1.165) is 31.5 Å². The molecule has 2 unspecified atom stereocenters. The van der Waals surface area contributed by atoms with Gasteiger partial charge in [-0.05, 0) is 53.4 Å². The van der Waals surface area contributed by atoms with E-state index in [4.69, 9.17) is 0 Å². The number of hydrogen-bond acceptors (Lipinski definition) is 2. The molecule has 1 heterocycles. The number of benzene rings is 2. The van der Waals surface area contributed by atoms with E-state index >= 15 is 0 Å². The summed E-state index contributed by atoms with van der Waals surface area (Å²) in [4.78, 5) is 2.48. The first-order chi connectivity index (χ1) is 11.9. The Balaban J connectivity index is 1.48. The molecule has 2 aliphatic rings. The second-order valence-electron chi connectivity index (χ2n) is 9.03. The van der Waals surface area contributed by atoms with Gasteiger partial charge in [-0.25, -0.2) is 0 Å². The van der Waals surface area contributed by atoms with Gasteiger partial charge >= 0.3 is 0 Å². The van der Waals surface area contributed by atoms with Crippen LogP contribution in [0.5, 0.6) is 0 Å². The first-order valence-electron chi connectivity index (χ1n) is 9.49. The van der Waals surface area contributed by atoms with Crippen molar-refractivity contribution in [3.8, 4) is 0 Å². The number of aliphatic hydroxyl groups is 1. The Morgan fingerprint density at radius 1 is 0.880 bits per heavy atom. The zero-order valence-corrected chi connectivity index (χ0v) is 15.6. The highest BCUT2D eigenvalue weighted by Crippen LogP contribution is 2.49. The van der Waals surface area contributed by atoms with E-state index in [1.54, 1.807) is 0 Å². The lowest BCUT2D eigenvalue weighted by Crippen LogP contribution is -2.28. The van der Waals surface area contributed by atoms with Crippen molar-refractivity contribution in [1.29, 1.82) is 0 Å². The molecule has 2 nitrogen and oxygen atoms in total. The van der Waals surface area contributed by atoms with E-state index in [1.165, 1.54) is 11.3 Å². The third kappa shape index (κ3) is 3.08. The highest BCUT2D eigenvalue weighted by molar-refractivity contribution is 5.47. The zero-order valence-electron chi connectivity index (χ0n) is 15.6. The molecule has 0 aromatic heterocycles. The van der Waals surface area contributed by atoms with Crippen LogP contribution in [0.4, 0.5) is 5.69 Å². The van der Waals surface area contributed by atoms with Gasteiger partial charge < -0.3 is 10.0 Å². The summed E-state index contributed by atoms with van der Waals surface area (Å²) in [6.45, 7) is 8.83. The van der Waals surface area contributed by atoms with E-state index in [9.17, 15) is 5.11 Å². The Hall–Kier alpha value is -1.80. The molecule has 25 heavy (non-hydrogen) atoms. The highest BCUT2D eigenvalue weighted by Gasteiger charge is 2.49. The van der Waals surface area contributed by atoms with E-state index in [2.05, 4.69) is 80.3 Å². The van der Waals surface area contributed by atoms with Crippen LogP contribution in [0.1, 0.15) is 44.7 Å². The summed E-state index contributed by atoms with van der Waals surface area (Å²) in [5.41, 5.74) is 3.25. The number of hydrogen-bond donors (Lipinski definition) is 1. The van der Waals surface area contributed by atoms with Crippen LogP contribution in [0.2, 0.25) is 0 Å². The van der Waals surface area contributed by atoms with Crippen LogP contribution in [0.25, 0.3) is 0 Å². The number of rotatable bonds is 2. The molecule has 2 heteroatoms. The van der Waals surface area contributed by atoms with Crippen molar-refractivity contribution in [1.82, 2.24) is 0 Å². The van der Waals surface area contributed by atoms with Crippen molar-refractivity contribution in [2.24, 2.45) is 11.8 Å². The smallest absolute Gasteiger partial charge is 0.0903 e. The van der Waals surface area contributed by atoms with Crippen molar-refractivity contribution in [2.75, 3.05) is 18.0 Å². The Morgan fingerprint density at radius 3 is 1.96 bits per heavy atom. The zero-order chi connectivity index (χ0) is 17.7. The SMILES string of the molecule is CC(C)(C)c1ccc(C2(O)CC3CN(c4ccccc4)CC3C2)cc1. The molecule has 1 saturated heterocycles. The Kier molecular flexibility index (Phi) is 3.92. The summed E-state index contributed by atoms with van der Waals surface area (Å²) in [6.07, 6.45) is 1.77. The van der Waals surface area contributed by atoms with Crippen molar-refractivity contribution < 1.29 is 5.11 Å². The fourth-order valence-electron chi connectivity index (χ4n) is 4.72. The van der Waals surface area contributed by atoms with Crippen LogP contribution < -0.4 is 4.90 Å². The molecule has 2 fully saturated rings. The van der Waals surface area contributed by atoms with Gasteiger partial charge in [-0.1, -0.05) is 63.2 Å². The first-order valence-corrected chi connectivity index (χ1v) is 9.49. The summed E-state index contributed by atoms with van der Waals surface area (Å²) in [6, 6.07) is 19.4. The Bertz CT molecular complexity index is 715. The topological polar surface area (TPSA) is 23.5 Å². The van der Waals surface area contributed by atoms with Crippen LogP contribution in [0.3, 0.4) is 0 Å². The molecule has 1 saturated carbocycles. The van der Waals surface area contributed by atoms with Gasteiger partial charge in [0.05, 0.1) is 5.60 Å². The molecular weight excluding hydrogens is 306 g/mol. The molecule has 0 bridgehead atoms. The molecule has 2 aromatic rings. The summed E-state index contributed by atoms with van der Waals surface area (Å²) in [5, 5.41) is 11.3. The first kappa shape index (κ1) is 16.7. The number of anilines is 1. The van der Waals surface area contributed by atoms with Gasteiger partial charge in [0.2, 0.25) is 0 Å². The minimum Gasteiger partial charge on any atom is -0.385 e. The minimum atomic E-state index is -0.644. The molecule has 1 aliphatic heterocycles. The van der Waals surface area contributed by atoms with Gasteiger partial charge in [-0.15, -0.1) is 0 Å². The number of fused-ring (bicyclic) bond motifs is 1. The van der Waals surface area contributed by atoms with E-state index in [-0.39, 0.29) is 5.41 Å². The average molecular weight is 335 g/mol. The molecular formula is C23H29NO. The molecule has 0 spiro atoms. The van der Waals surface area contributed by atoms with Crippen LogP contribution in [0, 0.1) is 11.8 Å². The van der Waals surface area contributed by atoms with Crippen LogP contribution in [-0.4, -0.2) is 18.2 Å². The maximum absolute atomic E-state index is 11.3. The van der Waals surface area contributed by atoms with Gasteiger partial charge in [-0.2, -0.15) is 0 Å². The van der Waals surface area contributed by atoms with E-state index in [1.807, 2.05) is 0 Å². The quantitative estimate of drug-likeness (QED) is 0.858. The lowest BCUT2D eigenvalue weighted by atomic mass is 9.84. The molecule has 4 rings (SSSR count). The number of nitrogens with zero attached hydrogens (tertiary/aromatic N) is 1. The molecule has 0 amide bonds. The van der Waals surface area contributed by atoms with Crippen LogP contribution >= 0.6 is 0 Å². The van der Waals surface area contributed by atoms with E-state index < -0.39 is 5.60 Å². The van der Waals surface area contributed by atoms with Gasteiger partial charge in [0.25, 0.3) is 0 Å². The molecule has 132 valence electrons. The normalized spacial score (nSPS) is 29.0. The fraction of sp³-hybridized carbons (Fsp3) is 0.478. The van der Waals surface area contributed by atoms with Gasteiger partial charge in [0, 0.05) is 18.8 Å². The van der Waals surface area contributed by atoms with Crippen molar-refractivity contribution in [3.63, 3.8) is 0 Å². The molecule has 1 N–H and O–H groups in total. The van der Waals surface area contributed by atoms with Gasteiger partial charge in [0.15, 0.2) is 0 Å². The van der Waals surface area contributed by atoms with Gasteiger partial charge in [0.1, 0.15) is 0 Å². The lowest BCUT2D eigenvalue weighted by molar-refractivity contribution is 0.0365. The summed E-state index contributed by atoms with van der Waals surface area (Å²) >= 11 is 0. The monoisotopic (exact) mass is 335 g/mol. The minimum absolute atomic E-state index is 0.156. The van der Waals surface area contributed by atoms with E-state index in [0.29, 0.717) is 11.8 Å². The van der Waals surface area contributed by atoms with Crippen molar-refractivity contribution >= 4 is 5.69 Å². The predicted octanol–water partition coefficient (Wildman–Crippen LogP) is 4.72. The maximum Gasteiger partial charge on any atom is 0.0903 e. The molecule has 2 aromatic carbocycles. The van der Waals surface area contributed by atoms with Crippen molar-refractivity contribution in [3.05, 3.63) is 65.7 Å². The largest absolute Gasteiger partial charge is 0.385 e. The summed E-state index contributed by atoms with van der Waals surface area (Å²) < 4.78 is 0. The molecule has 1 aliphatic carbocycles. The highest BCUT2D eigenvalue weighted by atomic mass is 16.3. The predicted molar refractivity (Wildman–Crippen MR) is 104 cm³/mol. The summed E-state index contributed by atoms with van der Waals surface area (Å²) in [5.74, 6) is 1.18. The Morgan fingerprint density at radius 2 is 1.44 bits per heavy atom. The fourth-order valence-corrected chi connectivity index (χ4v) is 4.72. The Labute approximate surface area is 151 Å². The standard InChI is InChI=1S/C23H29NO/c1-22(2,3)19-9-11-20(12-10-19)23(25)13-17-15-24(16-18(17)14-23)21-7-5-4-6-8-21/h4-12,17-18,25H,13-16H2,1-3H3.